The molecule has 7 nitrogen and oxygen atoms in total. The summed E-state index contributed by atoms with van der Waals surface area (Å²) in [6, 6.07) is 26.4. The van der Waals surface area contributed by atoms with Crippen LogP contribution in [0.1, 0.15) is 65.1 Å². The quantitative estimate of drug-likeness (QED) is 0.231. The number of benzene rings is 3. The molecule has 0 aliphatic carbocycles. The molecule has 0 spiro atoms. The van der Waals surface area contributed by atoms with Gasteiger partial charge in [-0.05, 0) is 78.1 Å². The molecular weight excluding hydrogens is 568 g/mol. The van der Waals surface area contributed by atoms with Crippen LogP contribution in [0.25, 0.3) is 0 Å². The largest absolute Gasteiger partial charge is 0.369 e. The van der Waals surface area contributed by atoms with Crippen molar-refractivity contribution in [2.45, 2.75) is 50.0 Å². The molecule has 2 amide bonds. The summed E-state index contributed by atoms with van der Waals surface area (Å²) < 4.78 is 1.92. The number of aromatic nitrogens is 1. The fourth-order valence-electron chi connectivity index (χ4n) is 6.40. The van der Waals surface area contributed by atoms with E-state index in [4.69, 9.17) is 0 Å². The SMILES string of the molecule is CSc1ccccc1NC(=O)c1ccc(N2C[C@H]3C[C@@H](C2)c2cccc(=O)n2C3)c(NC(=O)c2ccc(C(C)(C)C)cc2)c1. The van der Waals surface area contributed by atoms with Crippen LogP contribution < -0.4 is 21.1 Å². The number of piperidine rings is 1. The van der Waals surface area contributed by atoms with Gasteiger partial charge in [0.1, 0.15) is 0 Å². The second-order valence-electron chi connectivity index (χ2n) is 12.8. The van der Waals surface area contributed by atoms with Gasteiger partial charge < -0.3 is 20.1 Å². The molecule has 2 bridgehead atoms. The Hall–Kier alpha value is -4.30. The predicted octanol–water partition coefficient (Wildman–Crippen LogP) is 7.00. The van der Waals surface area contributed by atoms with Crippen molar-refractivity contribution in [1.29, 1.82) is 0 Å². The van der Waals surface area contributed by atoms with Gasteiger partial charge in [0.15, 0.2) is 0 Å². The minimum atomic E-state index is -0.244. The molecule has 8 heteroatoms. The number of thioether (sulfide) groups is 1. The Kier molecular flexibility index (Phi) is 8.12. The van der Waals surface area contributed by atoms with E-state index in [0.717, 1.165) is 47.0 Å². The van der Waals surface area contributed by atoms with Gasteiger partial charge in [-0.2, -0.15) is 0 Å². The lowest BCUT2D eigenvalue weighted by molar-refractivity contribution is 0.101. The van der Waals surface area contributed by atoms with E-state index < -0.39 is 0 Å². The number of amides is 2. The van der Waals surface area contributed by atoms with E-state index in [1.54, 1.807) is 23.9 Å². The minimum absolute atomic E-state index is 0.0190. The van der Waals surface area contributed by atoms with Gasteiger partial charge in [-0.3, -0.25) is 14.4 Å². The standard InChI is InChI=1S/C36H38N4O3S/c1-36(2,3)27-15-12-24(13-16-27)34(42)38-29-19-25(35(43)37-28-8-5-6-10-32(28)44-4)14-17-31(29)39-20-23-18-26(22-39)30-9-7-11-33(41)40(30)21-23/h5-17,19,23,26H,18,20-22H2,1-4H3,(H,37,43)(H,38,42)/t23-,26+/m1/s1. The Morgan fingerprint density at radius 2 is 1.50 bits per heavy atom. The lowest BCUT2D eigenvalue weighted by atomic mass is 9.83. The first-order chi connectivity index (χ1) is 21.1. The Balaban J connectivity index is 1.32. The van der Waals surface area contributed by atoms with Crippen molar-refractivity contribution in [3.05, 3.63) is 118 Å². The van der Waals surface area contributed by atoms with Crippen molar-refractivity contribution in [2.75, 3.05) is 34.9 Å². The van der Waals surface area contributed by atoms with Gasteiger partial charge in [0.2, 0.25) is 0 Å². The lowest BCUT2D eigenvalue weighted by Gasteiger charge is -2.44. The molecule has 0 unspecified atom stereocenters. The number of rotatable bonds is 6. The molecule has 44 heavy (non-hydrogen) atoms. The van der Waals surface area contributed by atoms with E-state index in [1.807, 2.05) is 77.6 Å². The van der Waals surface area contributed by atoms with Crippen molar-refractivity contribution < 1.29 is 9.59 Å². The van der Waals surface area contributed by atoms with Gasteiger partial charge >= 0.3 is 0 Å². The first kappa shape index (κ1) is 29.8. The summed E-state index contributed by atoms with van der Waals surface area (Å²) in [4.78, 5) is 42.9. The van der Waals surface area contributed by atoms with Crippen LogP contribution in [0.5, 0.6) is 0 Å². The minimum Gasteiger partial charge on any atom is -0.369 e. The molecule has 2 aliphatic heterocycles. The van der Waals surface area contributed by atoms with Gasteiger partial charge in [-0.25, -0.2) is 0 Å². The Bertz CT molecular complexity index is 1770. The highest BCUT2D eigenvalue weighted by Crippen LogP contribution is 2.39. The smallest absolute Gasteiger partial charge is 0.255 e. The maximum atomic E-state index is 13.6. The summed E-state index contributed by atoms with van der Waals surface area (Å²) in [6.45, 7) is 8.59. The van der Waals surface area contributed by atoms with Crippen LogP contribution in [-0.2, 0) is 12.0 Å². The first-order valence-electron chi connectivity index (χ1n) is 15.1. The normalized spacial score (nSPS) is 17.5. The zero-order chi connectivity index (χ0) is 31.0. The zero-order valence-corrected chi connectivity index (χ0v) is 26.4. The highest BCUT2D eigenvalue weighted by atomic mass is 32.2. The third-order valence-corrected chi connectivity index (χ3v) is 9.49. The van der Waals surface area contributed by atoms with Gasteiger partial charge in [0.05, 0.1) is 17.1 Å². The molecule has 3 heterocycles. The number of fused-ring (bicyclic) bond motifs is 4. The molecule has 4 aromatic rings. The molecule has 2 aliphatic rings. The maximum absolute atomic E-state index is 13.6. The molecule has 2 N–H and O–H groups in total. The molecular formula is C36H38N4O3S. The van der Waals surface area contributed by atoms with Crippen molar-refractivity contribution in [3.63, 3.8) is 0 Å². The van der Waals surface area contributed by atoms with Crippen molar-refractivity contribution >= 4 is 40.6 Å². The Morgan fingerprint density at radius 1 is 0.795 bits per heavy atom. The van der Waals surface area contributed by atoms with Crippen LogP contribution in [0.15, 0.2) is 94.6 Å². The van der Waals surface area contributed by atoms with E-state index in [0.29, 0.717) is 29.3 Å². The van der Waals surface area contributed by atoms with Gasteiger partial charge in [-0.15, -0.1) is 11.8 Å². The van der Waals surface area contributed by atoms with Crippen LogP contribution in [0.3, 0.4) is 0 Å². The second kappa shape index (κ2) is 12.0. The van der Waals surface area contributed by atoms with Crippen molar-refractivity contribution in [3.8, 4) is 0 Å². The van der Waals surface area contributed by atoms with Crippen LogP contribution in [0.2, 0.25) is 0 Å². The van der Waals surface area contributed by atoms with E-state index in [2.05, 4.69) is 42.4 Å². The van der Waals surface area contributed by atoms with Crippen LogP contribution in [-0.4, -0.2) is 35.7 Å². The zero-order valence-electron chi connectivity index (χ0n) is 25.6. The maximum Gasteiger partial charge on any atom is 0.255 e. The summed E-state index contributed by atoms with van der Waals surface area (Å²) in [6.07, 6.45) is 3.00. The number of hydrogen-bond acceptors (Lipinski definition) is 5. The van der Waals surface area contributed by atoms with E-state index in [1.165, 1.54) is 0 Å². The van der Waals surface area contributed by atoms with Crippen LogP contribution >= 0.6 is 11.8 Å². The van der Waals surface area contributed by atoms with Gasteiger partial charge in [0, 0.05) is 53.3 Å². The van der Waals surface area contributed by atoms with E-state index in [-0.39, 0.29) is 28.7 Å². The number of nitrogens with zero attached hydrogens (tertiary/aromatic N) is 2. The highest BCUT2D eigenvalue weighted by Gasteiger charge is 2.35. The Labute approximate surface area is 262 Å². The first-order valence-corrected chi connectivity index (χ1v) is 16.3. The van der Waals surface area contributed by atoms with Crippen molar-refractivity contribution in [1.82, 2.24) is 4.57 Å². The number of nitrogens with one attached hydrogen (secondary N) is 2. The number of anilines is 3. The molecule has 1 aromatic heterocycles. The molecule has 0 radical (unpaired) electrons. The monoisotopic (exact) mass is 606 g/mol. The number of carbonyl (C=O) groups is 2. The van der Waals surface area contributed by atoms with Crippen LogP contribution in [0.4, 0.5) is 17.1 Å². The second-order valence-corrected chi connectivity index (χ2v) is 13.6. The fraction of sp³-hybridized carbons (Fsp3) is 0.306. The summed E-state index contributed by atoms with van der Waals surface area (Å²) in [7, 11) is 0. The molecule has 1 fully saturated rings. The topological polar surface area (TPSA) is 83.4 Å². The average Bonchev–Trinajstić information content (AvgIpc) is 3.01. The fourth-order valence-corrected chi connectivity index (χ4v) is 6.96. The van der Waals surface area contributed by atoms with Gasteiger partial charge in [0.25, 0.3) is 17.4 Å². The summed E-state index contributed by atoms with van der Waals surface area (Å²) in [5.41, 5.74) is 5.46. The summed E-state index contributed by atoms with van der Waals surface area (Å²) in [5.74, 6) is 0.0368. The van der Waals surface area contributed by atoms with Gasteiger partial charge in [-0.1, -0.05) is 51.1 Å². The molecule has 226 valence electrons. The number of pyridine rings is 1. The molecule has 0 saturated carbocycles. The van der Waals surface area contributed by atoms with E-state index >= 15 is 0 Å². The molecule has 1 saturated heterocycles. The number of para-hydroxylation sites is 1. The Morgan fingerprint density at radius 3 is 2.25 bits per heavy atom. The third-order valence-electron chi connectivity index (χ3n) is 8.70. The van der Waals surface area contributed by atoms with E-state index in [9.17, 15) is 14.4 Å². The molecule has 3 aromatic carbocycles. The molecule has 2 atom stereocenters. The summed E-state index contributed by atoms with van der Waals surface area (Å²) in [5, 5.41) is 6.18. The number of carbonyl (C=O) groups excluding carboxylic acids is 2. The predicted molar refractivity (Wildman–Crippen MR) is 179 cm³/mol. The van der Waals surface area contributed by atoms with Crippen LogP contribution in [0, 0.1) is 5.92 Å². The highest BCUT2D eigenvalue weighted by molar-refractivity contribution is 7.98. The lowest BCUT2D eigenvalue weighted by Crippen LogP contribution is -2.47. The molecule has 6 rings (SSSR count). The van der Waals surface area contributed by atoms with Crippen molar-refractivity contribution in [2.24, 2.45) is 5.92 Å². The number of hydrogen-bond donors (Lipinski definition) is 2. The average molecular weight is 607 g/mol. The third kappa shape index (κ3) is 6.04. The summed E-state index contributed by atoms with van der Waals surface area (Å²) >= 11 is 1.57.